The Morgan fingerprint density at radius 2 is 1.76 bits per heavy atom. The van der Waals surface area contributed by atoms with Crippen molar-refractivity contribution >= 4 is 16.7 Å². The Morgan fingerprint density at radius 1 is 1.14 bits per heavy atom. The van der Waals surface area contributed by atoms with Crippen molar-refractivity contribution < 1.29 is 19.4 Å². The summed E-state index contributed by atoms with van der Waals surface area (Å²) >= 11 is 0. The van der Waals surface area contributed by atoms with E-state index in [2.05, 4.69) is 5.32 Å². The first kappa shape index (κ1) is 15.1. The lowest BCUT2D eigenvalue weighted by atomic mass is 10.0. The van der Waals surface area contributed by atoms with E-state index < -0.39 is 5.97 Å². The smallest absolute Gasteiger partial charge is 0.317 e. The molecule has 21 heavy (non-hydrogen) atoms. The second-order valence-corrected chi connectivity index (χ2v) is 4.81. The maximum absolute atomic E-state index is 10.6. The summed E-state index contributed by atoms with van der Waals surface area (Å²) in [7, 11) is 3.21. The fourth-order valence-electron chi connectivity index (χ4n) is 2.22. The minimum absolute atomic E-state index is 0.0430. The summed E-state index contributed by atoms with van der Waals surface area (Å²) < 4.78 is 10.6. The Balaban J connectivity index is 2.34. The third-order valence-electron chi connectivity index (χ3n) is 3.43. The van der Waals surface area contributed by atoms with Gasteiger partial charge in [0.2, 0.25) is 0 Å². The highest BCUT2D eigenvalue weighted by Gasteiger charge is 2.10. The number of rotatable bonds is 6. The average molecular weight is 289 g/mol. The molecule has 0 aliphatic heterocycles. The van der Waals surface area contributed by atoms with Crippen molar-refractivity contribution in [2.24, 2.45) is 0 Å². The molecule has 1 atom stereocenters. The van der Waals surface area contributed by atoms with Crippen LogP contribution < -0.4 is 14.8 Å². The summed E-state index contributed by atoms with van der Waals surface area (Å²) in [5, 5.41) is 13.7. The average Bonchev–Trinajstić information content (AvgIpc) is 2.50. The van der Waals surface area contributed by atoms with Crippen molar-refractivity contribution in [2.75, 3.05) is 20.8 Å². The van der Waals surface area contributed by atoms with Gasteiger partial charge in [0.15, 0.2) is 11.5 Å². The first-order chi connectivity index (χ1) is 10.0. The van der Waals surface area contributed by atoms with Crippen LogP contribution in [0.3, 0.4) is 0 Å². The fourth-order valence-corrected chi connectivity index (χ4v) is 2.22. The summed E-state index contributed by atoms with van der Waals surface area (Å²) in [6, 6.07) is 9.80. The number of hydrogen-bond acceptors (Lipinski definition) is 4. The second-order valence-electron chi connectivity index (χ2n) is 4.81. The van der Waals surface area contributed by atoms with E-state index in [0.29, 0.717) is 11.5 Å². The van der Waals surface area contributed by atoms with Gasteiger partial charge in [0, 0.05) is 6.04 Å². The quantitative estimate of drug-likeness (QED) is 0.855. The molecule has 2 aromatic rings. The van der Waals surface area contributed by atoms with Crippen molar-refractivity contribution in [1.82, 2.24) is 5.32 Å². The predicted molar refractivity (Wildman–Crippen MR) is 81.1 cm³/mol. The van der Waals surface area contributed by atoms with Crippen molar-refractivity contribution in [2.45, 2.75) is 13.0 Å². The topological polar surface area (TPSA) is 67.8 Å². The summed E-state index contributed by atoms with van der Waals surface area (Å²) in [5.41, 5.74) is 1.02. The van der Waals surface area contributed by atoms with Gasteiger partial charge in [-0.1, -0.05) is 12.1 Å². The number of carboxylic acids is 1. The van der Waals surface area contributed by atoms with Crippen molar-refractivity contribution in [1.29, 1.82) is 0 Å². The van der Waals surface area contributed by atoms with Crippen LogP contribution in [0.2, 0.25) is 0 Å². The van der Waals surface area contributed by atoms with E-state index in [1.165, 1.54) is 0 Å². The minimum atomic E-state index is -0.867. The predicted octanol–water partition coefficient (Wildman–Crippen LogP) is 2.59. The van der Waals surface area contributed by atoms with Gasteiger partial charge in [0.1, 0.15) is 0 Å². The molecular formula is C16H19NO4. The zero-order chi connectivity index (χ0) is 15.4. The summed E-state index contributed by atoms with van der Waals surface area (Å²) in [4.78, 5) is 10.6. The van der Waals surface area contributed by atoms with Gasteiger partial charge < -0.3 is 19.9 Å². The summed E-state index contributed by atoms with van der Waals surface area (Å²) in [6.45, 7) is 1.87. The first-order valence-electron chi connectivity index (χ1n) is 6.66. The van der Waals surface area contributed by atoms with E-state index in [-0.39, 0.29) is 12.6 Å². The monoisotopic (exact) mass is 289 g/mol. The molecule has 2 N–H and O–H groups in total. The maximum Gasteiger partial charge on any atom is 0.317 e. The standard InChI is InChI=1S/C16H19NO4/c1-10(17-9-16(18)19)11-4-5-12-7-14(20-2)15(21-3)8-13(12)6-11/h4-8,10,17H,9H2,1-3H3,(H,18,19)/t10-/m0/s1. The fraction of sp³-hybridized carbons (Fsp3) is 0.312. The highest BCUT2D eigenvalue weighted by Crippen LogP contribution is 2.33. The minimum Gasteiger partial charge on any atom is -0.493 e. The number of carbonyl (C=O) groups is 1. The van der Waals surface area contributed by atoms with Gasteiger partial charge in [-0.25, -0.2) is 0 Å². The Hall–Kier alpha value is -2.27. The zero-order valence-electron chi connectivity index (χ0n) is 12.3. The van der Waals surface area contributed by atoms with E-state index in [1.807, 2.05) is 37.3 Å². The highest BCUT2D eigenvalue weighted by atomic mass is 16.5. The largest absolute Gasteiger partial charge is 0.493 e. The number of ether oxygens (including phenoxy) is 2. The maximum atomic E-state index is 10.6. The van der Waals surface area contributed by atoms with E-state index in [0.717, 1.165) is 16.3 Å². The Labute approximate surface area is 123 Å². The normalized spacial score (nSPS) is 12.1. The molecule has 0 fully saturated rings. The number of methoxy groups -OCH3 is 2. The lowest BCUT2D eigenvalue weighted by Crippen LogP contribution is -2.25. The van der Waals surface area contributed by atoms with Crippen molar-refractivity contribution in [3.05, 3.63) is 35.9 Å². The molecule has 0 bridgehead atoms. The first-order valence-corrected chi connectivity index (χ1v) is 6.66. The molecule has 2 rings (SSSR count). The van der Waals surface area contributed by atoms with Crippen LogP contribution in [0, 0.1) is 0 Å². The van der Waals surface area contributed by atoms with Crippen LogP contribution in [-0.2, 0) is 4.79 Å². The molecule has 0 amide bonds. The number of fused-ring (bicyclic) bond motifs is 1. The number of hydrogen-bond donors (Lipinski definition) is 2. The number of benzene rings is 2. The van der Waals surface area contributed by atoms with Crippen LogP contribution in [0.1, 0.15) is 18.5 Å². The molecule has 0 saturated heterocycles. The van der Waals surface area contributed by atoms with Crippen molar-refractivity contribution in [3.63, 3.8) is 0 Å². The number of carboxylic acid groups (broad SMARTS) is 1. The van der Waals surface area contributed by atoms with Crippen LogP contribution >= 0.6 is 0 Å². The summed E-state index contributed by atoms with van der Waals surface area (Å²) in [6.07, 6.45) is 0. The van der Waals surface area contributed by atoms with Crippen molar-refractivity contribution in [3.8, 4) is 11.5 Å². The van der Waals surface area contributed by atoms with Crippen LogP contribution in [0.4, 0.5) is 0 Å². The van der Waals surface area contributed by atoms with Gasteiger partial charge in [-0.05, 0) is 41.5 Å². The molecule has 0 heterocycles. The van der Waals surface area contributed by atoms with Gasteiger partial charge in [-0.2, -0.15) is 0 Å². The van der Waals surface area contributed by atoms with Crippen LogP contribution in [0.25, 0.3) is 10.8 Å². The molecule has 2 aromatic carbocycles. The third kappa shape index (κ3) is 3.44. The van der Waals surface area contributed by atoms with Gasteiger partial charge in [-0.15, -0.1) is 0 Å². The Bertz CT molecular complexity index is 654. The molecule has 112 valence electrons. The molecule has 0 radical (unpaired) electrons. The molecule has 0 spiro atoms. The Morgan fingerprint density at radius 3 is 2.33 bits per heavy atom. The van der Waals surface area contributed by atoms with Gasteiger partial charge in [0.05, 0.1) is 20.8 Å². The van der Waals surface area contributed by atoms with Gasteiger partial charge in [0.25, 0.3) is 0 Å². The lowest BCUT2D eigenvalue weighted by molar-refractivity contribution is -0.136. The number of nitrogens with one attached hydrogen (secondary N) is 1. The Kier molecular flexibility index (Phi) is 4.65. The molecule has 0 aliphatic rings. The van der Waals surface area contributed by atoms with Crippen LogP contribution in [0.5, 0.6) is 11.5 Å². The van der Waals surface area contributed by atoms with E-state index in [9.17, 15) is 4.79 Å². The van der Waals surface area contributed by atoms with Crippen LogP contribution in [-0.4, -0.2) is 31.8 Å². The zero-order valence-corrected chi connectivity index (χ0v) is 12.3. The van der Waals surface area contributed by atoms with E-state index >= 15 is 0 Å². The third-order valence-corrected chi connectivity index (χ3v) is 3.43. The molecule has 5 nitrogen and oxygen atoms in total. The lowest BCUT2D eigenvalue weighted by Gasteiger charge is -2.14. The molecule has 0 unspecified atom stereocenters. The summed E-state index contributed by atoms with van der Waals surface area (Å²) in [5.74, 6) is 0.497. The molecule has 0 aromatic heterocycles. The van der Waals surface area contributed by atoms with E-state index in [1.54, 1.807) is 14.2 Å². The number of aliphatic carboxylic acids is 1. The van der Waals surface area contributed by atoms with Gasteiger partial charge >= 0.3 is 5.97 Å². The molecule has 0 aliphatic carbocycles. The van der Waals surface area contributed by atoms with Gasteiger partial charge in [-0.3, -0.25) is 4.79 Å². The molecule has 5 heteroatoms. The second kappa shape index (κ2) is 6.45. The molecule has 0 saturated carbocycles. The SMILES string of the molecule is COc1cc2ccc([C@H](C)NCC(=O)O)cc2cc1OC. The van der Waals surface area contributed by atoms with Crippen LogP contribution in [0.15, 0.2) is 30.3 Å². The highest BCUT2D eigenvalue weighted by molar-refractivity contribution is 5.86. The van der Waals surface area contributed by atoms with E-state index in [4.69, 9.17) is 14.6 Å². The molecular weight excluding hydrogens is 270 g/mol.